The van der Waals surface area contributed by atoms with Gasteiger partial charge in [0, 0.05) is 0 Å². The van der Waals surface area contributed by atoms with Gasteiger partial charge in [-0.2, -0.15) is 0 Å². The van der Waals surface area contributed by atoms with Crippen LogP contribution >= 0.6 is 0 Å². The highest BCUT2D eigenvalue weighted by molar-refractivity contribution is 6.91. The fraction of sp³-hybridized carbons (Fsp3) is 0.474. The molecule has 0 radical (unpaired) electrons. The van der Waals surface area contributed by atoms with E-state index in [9.17, 15) is 0 Å². The molecule has 0 spiro atoms. The summed E-state index contributed by atoms with van der Waals surface area (Å²) in [6, 6.07) is 7.07. The number of hydrogen-bond donors (Lipinski definition) is 0. The highest BCUT2D eigenvalue weighted by Gasteiger charge is 2.34. The third kappa shape index (κ3) is 2.98. The lowest BCUT2D eigenvalue weighted by Crippen LogP contribution is -2.44. The molecule has 1 unspecified atom stereocenters. The standard InChI is InChI=1S/C19H28Si/c1-14-10-15(2)12-18(11-14)20(6,7)17-9-8-16(13-17)19(3,4)5/h8-13,17H,1-7H3. The van der Waals surface area contributed by atoms with Crippen LogP contribution in [-0.2, 0) is 0 Å². The van der Waals surface area contributed by atoms with E-state index < -0.39 is 8.07 Å². The Morgan fingerprint density at radius 2 is 1.50 bits per heavy atom. The van der Waals surface area contributed by atoms with Gasteiger partial charge in [-0.3, -0.25) is 0 Å². The van der Waals surface area contributed by atoms with Crippen molar-refractivity contribution in [3.63, 3.8) is 0 Å². The third-order valence-corrected chi connectivity index (χ3v) is 8.31. The van der Waals surface area contributed by atoms with Gasteiger partial charge in [-0.25, -0.2) is 0 Å². The predicted molar refractivity (Wildman–Crippen MR) is 93.5 cm³/mol. The normalized spacial score (nSPS) is 19.4. The average Bonchev–Trinajstić information content (AvgIpc) is 2.76. The van der Waals surface area contributed by atoms with Crippen LogP contribution in [0.25, 0.3) is 0 Å². The summed E-state index contributed by atoms with van der Waals surface area (Å²) in [6.45, 7) is 16.3. The fourth-order valence-electron chi connectivity index (χ4n) is 3.00. The van der Waals surface area contributed by atoms with E-state index in [1.54, 1.807) is 5.19 Å². The van der Waals surface area contributed by atoms with Gasteiger partial charge in [0.1, 0.15) is 0 Å². The van der Waals surface area contributed by atoms with Gasteiger partial charge in [-0.15, -0.1) is 0 Å². The first kappa shape index (κ1) is 15.3. The SMILES string of the molecule is Cc1cc(C)cc([Si](C)(C)C2C=CC(C(C)(C)C)=C2)c1. The van der Waals surface area contributed by atoms with E-state index in [4.69, 9.17) is 0 Å². The Labute approximate surface area is 125 Å². The second-order valence-electron chi connectivity index (χ2n) is 7.85. The minimum absolute atomic E-state index is 0.262. The highest BCUT2D eigenvalue weighted by atomic mass is 28.3. The van der Waals surface area contributed by atoms with Gasteiger partial charge in [0.05, 0.1) is 8.07 Å². The predicted octanol–water partition coefficient (Wildman–Crippen LogP) is 5.13. The summed E-state index contributed by atoms with van der Waals surface area (Å²) in [5.41, 5.74) is 5.16. The average molecular weight is 285 g/mol. The van der Waals surface area contributed by atoms with Crippen LogP contribution in [0.3, 0.4) is 0 Å². The van der Waals surface area contributed by atoms with Gasteiger partial charge in [0.2, 0.25) is 0 Å². The maximum absolute atomic E-state index is 2.52. The first-order valence-electron chi connectivity index (χ1n) is 7.60. The summed E-state index contributed by atoms with van der Waals surface area (Å²) in [5, 5.41) is 1.58. The van der Waals surface area contributed by atoms with Crippen LogP contribution in [-0.4, -0.2) is 8.07 Å². The van der Waals surface area contributed by atoms with Crippen molar-refractivity contribution in [2.24, 2.45) is 5.41 Å². The maximum Gasteiger partial charge on any atom is 0.0912 e. The fourth-order valence-corrected chi connectivity index (χ4v) is 5.76. The second kappa shape index (κ2) is 5.03. The Hall–Kier alpha value is -1.08. The second-order valence-corrected chi connectivity index (χ2v) is 12.5. The topological polar surface area (TPSA) is 0 Å². The smallest absolute Gasteiger partial charge is 0.0797 e. The Morgan fingerprint density at radius 3 is 1.95 bits per heavy atom. The molecule has 20 heavy (non-hydrogen) atoms. The van der Waals surface area contributed by atoms with Crippen molar-refractivity contribution >= 4 is 13.3 Å². The molecule has 2 rings (SSSR count). The molecule has 0 N–H and O–H groups in total. The lowest BCUT2D eigenvalue weighted by molar-refractivity contribution is 0.518. The summed E-state index contributed by atoms with van der Waals surface area (Å²) < 4.78 is 0. The number of allylic oxidation sites excluding steroid dienone is 4. The van der Waals surface area contributed by atoms with Crippen molar-refractivity contribution in [3.8, 4) is 0 Å². The number of rotatable bonds is 2. The van der Waals surface area contributed by atoms with Gasteiger partial charge in [-0.1, -0.05) is 86.6 Å². The maximum atomic E-state index is 2.52. The monoisotopic (exact) mass is 284 g/mol. The molecule has 1 heteroatoms. The zero-order valence-electron chi connectivity index (χ0n) is 14.0. The lowest BCUT2D eigenvalue weighted by Gasteiger charge is -2.29. The van der Waals surface area contributed by atoms with Crippen LogP contribution in [0.4, 0.5) is 0 Å². The van der Waals surface area contributed by atoms with E-state index in [0.29, 0.717) is 5.54 Å². The van der Waals surface area contributed by atoms with Gasteiger partial charge in [-0.05, 0) is 30.4 Å². The number of hydrogen-bond acceptors (Lipinski definition) is 0. The van der Waals surface area contributed by atoms with Crippen LogP contribution < -0.4 is 5.19 Å². The van der Waals surface area contributed by atoms with Crippen LogP contribution in [0.15, 0.2) is 42.0 Å². The number of aryl methyl sites for hydroxylation is 2. The molecule has 108 valence electrons. The van der Waals surface area contributed by atoms with Crippen LogP contribution in [0.2, 0.25) is 18.6 Å². The molecule has 1 aliphatic carbocycles. The lowest BCUT2D eigenvalue weighted by atomic mass is 9.87. The van der Waals surface area contributed by atoms with Crippen molar-refractivity contribution < 1.29 is 0 Å². The molecule has 0 nitrogen and oxygen atoms in total. The minimum atomic E-state index is -1.49. The summed E-state index contributed by atoms with van der Waals surface area (Å²) in [4.78, 5) is 0. The largest absolute Gasteiger partial charge is 0.0912 e. The first-order chi connectivity index (χ1) is 9.10. The van der Waals surface area contributed by atoms with E-state index in [2.05, 4.69) is 84.1 Å². The van der Waals surface area contributed by atoms with Crippen LogP contribution in [0, 0.1) is 19.3 Å². The van der Waals surface area contributed by atoms with Gasteiger partial charge < -0.3 is 0 Å². The quantitative estimate of drug-likeness (QED) is 0.660. The summed E-state index contributed by atoms with van der Waals surface area (Å²) in [5.74, 6) is 0. The molecular weight excluding hydrogens is 256 g/mol. The molecule has 0 saturated heterocycles. The Morgan fingerprint density at radius 1 is 0.950 bits per heavy atom. The van der Waals surface area contributed by atoms with Crippen molar-refractivity contribution in [2.45, 2.75) is 53.3 Å². The molecule has 0 saturated carbocycles. The summed E-state index contributed by atoms with van der Waals surface area (Å²) >= 11 is 0. The molecule has 1 atom stereocenters. The van der Waals surface area contributed by atoms with Crippen molar-refractivity contribution in [3.05, 3.63) is 53.1 Å². The molecule has 0 heterocycles. The molecule has 1 aromatic rings. The van der Waals surface area contributed by atoms with Crippen molar-refractivity contribution in [1.82, 2.24) is 0 Å². The Balaban J connectivity index is 2.37. The van der Waals surface area contributed by atoms with Gasteiger partial charge in [0.15, 0.2) is 0 Å². The van der Waals surface area contributed by atoms with E-state index in [0.717, 1.165) is 0 Å². The molecule has 0 bridgehead atoms. The molecular formula is C19H28Si. The first-order valence-corrected chi connectivity index (χ1v) is 10.7. The molecule has 1 aliphatic rings. The Bertz CT molecular complexity index is 548. The van der Waals surface area contributed by atoms with E-state index >= 15 is 0 Å². The Kier molecular flexibility index (Phi) is 3.85. The highest BCUT2D eigenvalue weighted by Crippen LogP contribution is 2.38. The summed E-state index contributed by atoms with van der Waals surface area (Å²) in [6.07, 6.45) is 7.30. The molecule has 0 amide bonds. The van der Waals surface area contributed by atoms with Gasteiger partial charge in [0.25, 0.3) is 0 Å². The molecule has 1 aromatic carbocycles. The summed E-state index contributed by atoms with van der Waals surface area (Å²) in [7, 11) is -1.49. The third-order valence-electron chi connectivity index (χ3n) is 4.51. The van der Waals surface area contributed by atoms with E-state index in [1.165, 1.54) is 16.7 Å². The zero-order chi connectivity index (χ0) is 15.1. The van der Waals surface area contributed by atoms with E-state index in [1.807, 2.05) is 0 Å². The minimum Gasteiger partial charge on any atom is -0.0797 e. The van der Waals surface area contributed by atoms with Crippen LogP contribution in [0.1, 0.15) is 31.9 Å². The van der Waals surface area contributed by atoms with Crippen molar-refractivity contribution in [2.75, 3.05) is 0 Å². The van der Waals surface area contributed by atoms with Crippen LogP contribution in [0.5, 0.6) is 0 Å². The molecule has 0 aliphatic heterocycles. The van der Waals surface area contributed by atoms with E-state index in [-0.39, 0.29) is 5.41 Å². The molecule has 0 aromatic heterocycles. The number of benzene rings is 1. The van der Waals surface area contributed by atoms with Gasteiger partial charge >= 0.3 is 0 Å². The molecule has 0 fully saturated rings. The van der Waals surface area contributed by atoms with Crippen molar-refractivity contribution in [1.29, 1.82) is 0 Å². The zero-order valence-corrected chi connectivity index (χ0v) is 15.0.